The molecule has 2 nitrogen and oxygen atoms in total. The fourth-order valence-electron chi connectivity index (χ4n) is 0.798. The van der Waals surface area contributed by atoms with E-state index >= 15 is 0 Å². The highest BCUT2D eigenvalue weighted by Gasteiger charge is 2.05. The quantitative estimate of drug-likeness (QED) is 0.642. The van der Waals surface area contributed by atoms with E-state index < -0.39 is 0 Å². The van der Waals surface area contributed by atoms with Crippen molar-refractivity contribution in [1.29, 1.82) is 0 Å². The lowest BCUT2D eigenvalue weighted by molar-refractivity contribution is 0.651. The van der Waals surface area contributed by atoms with E-state index in [4.69, 9.17) is 0 Å². The van der Waals surface area contributed by atoms with Crippen molar-refractivity contribution in [3.05, 3.63) is 12.4 Å². The van der Waals surface area contributed by atoms with E-state index in [2.05, 4.69) is 32.8 Å². The maximum atomic E-state index is 4.15. The molecular weight excluding hydrogens is 236 g/mol. The van der Waals surface area contributed by atoms with Crippen molar-refractivity contribution in [2.45, 2.75) is 18.5 Å². The summed E-state index contributed by atoms with van der Waals surface area (Å²) in [6.07, 6.45) is 4.87. The molecule has 0 aliphatic heterocycles. The van der Waals surface area contributed by atoms with Gasteiger partial charge in [-0.1, -0.05) is 41.0 Å². The molecule has 1 heterocycles. The number of nitrogens with one attached hydrogen (secondary N) is 1. The Bertz CT molecular complexity index is 197. The first kappa shape index (κ1) is 10.1. The van der Waals surface area contributed by atoms with Crippen molar-refractivity contribution >= 4 is 27.7 Å². The molecule has 4 heteroatoms. The molecule has 0 radical (unpaired) electrons. The normalized spacial score (nSPS) is 13.2. The minimum absolute atomic E-state index is 0.750. The Morgan fingerprint density at radius 2 is 2.58 bits per heavy atom. The van der Waals surface area contributed by atoms with Gasteiger partial charge in [-0.2, -0.15) is 0 Å². The maximum absolute atomic E-state index is 4.15. The summed E-state index contributed by atoms with van der Waals surface area (Å²) >= 11 is 5.28. The van der Waals surface area contributed by atoms with Gasteiger partial charge < -0.3 is 4.98 Å². The number of imidazole rings is 1. The molecule has 0 saturated heterocycles. The zero-order chi connectivity index (χ0) is 8.81. The predicted molar refractivity (Wildman–Crippen MR) is 56.9 cm³/mol. The molecule has 68 valence electrons. The van der Waals surface area contributed by atoms with Crippen LogP contribution < -0.4 is 0 Å². The van der Waals surface area contributed by atoms with E-state index in [1.807, 2.05) is 6.20 Å². The highest BCUT2D eigenvalue weighted by molar-refractivity contribution is 9.09. The van der Waals surface area contributed by atoms with Gasteiger partial charge in [0.2, 0.25) is 0 Å². The first-order chi connectivity index (χ1) is 5.86. The number of aromatic nitrogens is 2. The smallest absolute Gasteiger partial charge is 0.165 e. The average Bonchev–Trinajstić information content (AvgIpc) is 2.59. The molecule has 12 heavy (non-hydrogen) atoms. The van der Waals surface area contributed by atoms with Crippen molar-refractivity contribution in [2.24, 2.45) is 5.92 Å². The Balaban J connectivity index is 2.25. The highest BCUT2D eigenvalue weighted by Crippen LogP contribution is 2.19. The number of rotatable bonds is 5. The molecule has 1 aromatic rings. The number of hydrogen-bond donors (Lipinski definition) is 1. The van der Waals surface area contributed by atoms with Crippen LogP contribution >= 0.6 is 27.7 Å². The molecule has 0 amide bonds. The van der Waals surface area contributed by atoms with Gasteiger partial charge >= 0.3 is 0 Å². The molecule has 0 fully saturated rings. The molecule has 0 aromatic carbocycles. The van der Waals surface area contributed by atoms with Crippen molar-refractivity contribution in [3.63, 3.8) is 0 Å². The zero-order valence-corrected chi connectivity index (χ0v) is 9.49. The Morgan fingerprint density at radius 3 is 3.08 bits per heavy atom. The zero-order valence-electron chi connectivity index (χ0n) is 7.09. The Hall–Kier alpha value is 0.0400. The lowest BCUT2D eigenvalue weighted by Crippen LogP contribution is -2.03. The van der Waals surface area contributed by atoms with E-state index in [0.29, 0.717) is 0 Å². The average molecular weight is 249 g/mol. The van der Waals surface area contributed by atoms with Gasteiger partial charge in [-0.3, -0.25) is 0 Å². The van der Waals surface area contributed by atoms with Crippen LogP contribution in [0, 0.1) is 5.92 Å². The molecule has 1 atom stereocenters. The van der Waals surface area contributed by atoms with E-state index in [9.17, 15) is 0 Å². The van der Waals surface area contributed by atoms with Crippen LogP contribution in [0.2, 0.25) is 0 Å². The third-order valence-corrected chi connectivity index (χ3v) is 3.77. The van der Waals surface area contributed by atoms with Crippen LogP contribution in [0.25, 0.3) is 0 Å². The van der Waals surface area contributed by atoms with Gasteiger partial charge in [0.1, 0.15) is 0 Å². The predicted octanol–water partition coefficient (Wildman–Crippen LogP) is 2.92. The molecule has 1 N–H and O–H groups in total. The van der Waals surface area contributed by atoms with Crippen molar-refractivity contribution in [2.75, 3.05) is 11.1 Å². The van der Waals surface area contributed by atoms with Crippen molar-refractivity contribution in [1.82, 2.24) is 9.97 Å². The summed E-state index contributed by atoms with van der Waals surface area (Å²) < 4.78 is 0. The number of hydrogen-bond acceptors (Lipinski definition) is 2. The van der Waals surface area contributed by atoms with Crippen molar-refractivity contribution in [3.8, 4) is 0 Å². The van der Waals surface area contributed by atoms with Crippen LogP contribution in [-0.2, 0) is 0 Å². The van der Waals surface area contributed by atoms with E-state index in [1.165, 1.54) is 6.42 Å². The number of nitrogens with zero attached hydrogens (tertiary/aromatic N) is 1. The van der Waals surface area contributed by atoms with Crippen LogP contribution in [0.5, 0.6) is 0 Å². The van der Waals surface area contributed by atoms with Crippen molar-refractivity contribution < 1.29 is 0 Å². The molecule has 1 aromatic heterocycles. The summed E-state index contributed by atoms with van der Waals surface area (Å²) in [7, 11) is 0. The highest BCUT2D eigenvalue weighted by atomic mass is 79.9. The maximum Gasteiger partial charge on any atom is 0.165 e. The monoisotopic (exact) mass is 248 g/mol. The minimum Gasteiger partial charge on any atom is -0.340 e. The summed E-state index contributed by atoms with van der Waals surface area (Å²) in [5, 5.41) is 2.10. The third-order valence-electron chi connectivity index (χ3n) is 1.72. The van der Waals surface area contributed by atoms with Gasteiger partial charge in [-0.05, 0) is 5.92 Å². The lowest BCUT2D eigenvalue weighted by atomic mass is 10.2. The van der Waals surface area contributed by atoms with E-state index in [0.717, 1.165) is 22.2 Å². The van der Waals surface area contributed by atoms with Gasteiger partial charge in [-0.25, -0.2) is 4.98 Å². The summed E-state index contributed by atoms with van der Waals surface area (Å²) in [6.45, 7) is 2.22. The van der Waals surface area contributed by atoms with Crippen LogP contribution in [0.15, 0.2) is 17.6 Å². The summed E-state index contributed by atoms with van der Waals surface area (Å²) in [6, 6.07) is 0. The van der Waals surface area contributed by atoms with Gasteiger partial charge in [0.05, 0.1) is 0 Å². The second-order valence-corrected chi connectivity index (χ2v) is 4.29. The molecule has 0 saturated carbocycles. The summed E-state index contributed by atoms with van der Waals surface area (Å²) in [4.78, 5) is 7.23. The first-order valence-electron chi connectivity index (χ1n) is 4.05. The summed E-state index contributed by atoms with van der Waals surface area (Å²) in [5.41, 5.74) is 0. The Labute approximate surface area is 85.7 Å². The molecule has 0 bridgehead atoms. The fraction of sp³-hybridized carbons (Fsp3) is 0.625. The largest absolute Gasteiger partial charge is 0.340 e. The van der Waals surface area contributed by atoms with Crippen LogP contribution in [0.4, 0.5) is 0 Å². The number of aromatic amines is 1. The molecule has 0 spiro atoms. The first-order valence-corrected chi connectivity index (χ1v) is 6.15. The SMILES string of the molecule is CCC(CBr)CSc1ncc[nH]1. The van der Waals surface area contributed by atoms with Crippen LogP contribution in [-0.4, -0.2) is 21.1 Å². The lowest BCUT2D eigenvalue weighted by Gasteiger charge is -2.08. The topological polar surface area (TPSA) is 28.7 Å². The second kappa shape index (κ2) is 5.65. The molecular formula is C8H13BrN2S. The van der Waals surface area contributed by atoms with E-state index in [1.54, 1.807) is 18.0 Å². The number of H-pyrrole nitrogens is 1. The Morgan fingerprint density at radius 1 is 1.75 bits per heavy atom. The number of alkyl halides is 1. The number of halogens is 1. The third kappa shape index (κ3) is 3.19. The summed E-state index contributed by atoms with van der Waals surface area (Å²) in [5.74, 6) is 1.88. The molecule has 1 unspecified atom stereocenters. The van der Waals surface area contributed by atoms with Gasteiger partial charge in [0.25, 0.3) is 0 Å². The van der Waals surface area contributed by atoms with Gasteiger partial charge in [0.15, 0.2) is 5.16 Å². The van der Waals surface area contributed by atoms with Crippen LogP contribution in [0.3, 0.4) is 0 Å². The molecule has 1 rings (SSSR count). The molecule has 0 aliphatic carbocycles. The second-order valence-electron chi connectivity index (χ2n) is 2.63. The molecule has 0 aliphatic rings. The van der Waals surface area contributed by atoms with Gasteiger partial charge in [-0.15, -0.1) is 0 Å². The fourth-order valence-corrected chi connectivity index (χ4v) is 2.82. The standard InChI is InChI=1S/C8H13BrN2S/c1-2-7(5-9)6-12-8-10-3-4-11-8/h3-4,7H,2,5-6H2,1H3,(H,10,11). The number of thioether (sulfide) groups is 1. The van der Waals surface area contributed by atoms with Gasteiger partial charge in [0, 0.05) is 23.5 Å². The van der Waals surface area contributed by atoms with E-state index in [-0.39, 0.29) is 0 Å². The van der Waals surface area contributed by atoms with Crippen LogP contribution in [0.1, 0.15) is 13.3 Å². The minimum atomic E-state index is 0.750. The Kier molecular flexibility index (Phi) is 4.76.